The van der Waals surface area contributed by atoms with Gasteiger partial charge >= 0.3 is 0 Å². The first-order valence-corrected chi connectivity index (χ1v) is 11.8. The predicted molar refractivity (Wildman–Crippen MR) is 129 cm³/mol. The number of rotatable bonds is 5. The van der Waals surface area contributed by atoms with E-state index >= 15 is 0 Å². The Morgan fingerprint density at radius 1 is 1.12 bits per heavy atom. The quantitative estimate of drug-likeness (QED) is 0.556. The summed E-state index contributed by atoms with van der Waals surface area (Å²) in [4.78, 5) is 22.7. The van der Waals surface area contributed by atoms with Crippen LogP contribution in [0.5, 0.6) is 0 Å². The van der Waals surface area contributed by atoms with Crippen LogP contribution in [0.4, 0.5) is 4.39 Å². The van der Waals surface area contributed by atoms with E-state index in [9.17, 15) is 9.18 Å². The monoisotopic (exact) mass is 451 g/mol. The fraction of sp³-hybridized carbons (Fsp3) is 0.500. The number of hydrogen-bond acceptors (Lipinski definition) is 4. The van der Waals surface area contributed by atoms with Crippen LogP contribution in [0.25, 0.3) is 16.9 Å². The Balaban J connectivity index is 1.68. The Hall–Kier alpha value is -2.80. The van der Waals surface area contributed by atoms with Gasteiger partial charge in [0.05, 0.1) is 17.4 Å². The number of fused-ring (bicyclic) bond motifs is 1. The highest BCUT2D eigenvalue weighted by molar-refractivity contribution is 5.93. The van der Waals surface area contributed by atoms with Crippen LogP contribution in [0.15, 0.2) is 36.5 Å². The number of piperazine rings is 1. The first-order chi connectivity index (χ1) is 15.5. The van der Waals surface area contributed by atoms with Gasteiger partial charge in [0, 0.05) is 37.3 Å². The minimum absolute atomic E-state index is 0.0623. The molecule has 1 fully saturated rings. The maximum absolute atomic E-state index is 13.5. The van der Waals surface area contributed by atoms with E-state index in [1.54, 1.807) is 22.8 Å². The molecule has 3 heterocycles. The number of imidazole rings is 1. The summed E-state index contributed by atoms with van der Waals surface area (Å²) in [6.07, 6.45) is 1.73. The van der Waals surface area contributed by atoms with Crippen LogP contribution >= 0.6 is 0 Å². The second-order valence-corrected chi connectivity index (χ2v) is 10.4. The Labute approximate surface area is 195 Å². The smallest absolute Gasteiger partial charge is 0.274 e. The SMILES string of the molecule is CC(C)CN1CCN(C(=O)c2cn3nc(-c4ccc(F)cc4)cc(C(C)C)c3n2)C(C)(C)C1. The van der Waals surface area contributed by atoms with E-state index < -0.39 is 0 Å². The van der Waals surface area contributed by atoms with Crippen molar-refractivity contribution >= 4 is 11.6 Å². The predicted octanol–water partition coefficient (Wildman–Crippen LogP) is 4.85. The molecule has 0 radical (unpaired) electrons. The molecule has 0 saturated carbocycles. The fourth-order valence-corrected chi connectivity index (χ4v) is 4.73. The van der Waals surface area contributed by atoms with Gasteiger partial charge in [-0.15, -0.1) is 0 Å². The molecule has 0 spiro atoms. The van der Waals surface area contributed by atoms with Gasteiger partial charge < -0.3 is 4.90 Å². The molecule has 0 atom stereocenters. The average molecular weight is 452 g/mol. The van der Waals surface area contributed by atoms with E-state index in [1.807, 2.05) is 11.0 Å². The van der Waals surface area contributed by atoms with Crippen LogP contribution in [-0.2, 0) is 0 Å². The standard InChI is InChI=1S/C26H34FN5O/c1-17(2)14-30-11-12-31(26(5,6)16-30)25(33)23-15-32-24(28-23)21(18(3)4)13-22(29-32)19-7-9-20(27)10-8-19/h7-10,13,15,17-18H,11-12,14,16H2,1-6H3. The van der Waals surface area contributed by atoms with Gasteiger partial charge in [-0.1, -0.05) is 27.7 Å². The van der Waals surface area contributed by atoms with Crippen molar-refractivity contribution in [1.29, 1.82) is 0 Å². The molecule has 4 rings (SSSR count). The molecule has 7 heteroatoms. The molecule has 176 valence electrons. The van der Waals surface area contributed by atoms with Crippen molar-refractivity contribution < 1.29 is 9.18 Å². The zero-order valence-corrected chi connectivity index (χ0v) is 20.5. The third kappa shape index (κ3) is 4.78. The Morgan fingerprint density at radius 3 is 2.42 bits per heavy atom. The van der Waals surface area contributed by atoms with Crippen LogP contribution in [0, 0.1) is 11.7 Å². The zero-order valence-electron chi connectivity index (χ0n) is 20.5. The summed E-state index contributed by atoms with van der Waals surface area (Å²) in [7, 11) is 0. The first-order valence-electron chi connectivity index (χ1n) is 11.8. The van der Waals surface area contributed by atoms with Gasteiger partial charge in [-0.25, -0.2) is 13.9 Å². The largest absolute Gasteiger partial charge is 0.330 e. The highest BCUT2D eigenvalue weighted by atomic mass is 19.1. The maximum atomic E-state index is 13.5. The number of halogens is 1. The Bertz CT molecular complexity index is 1150. The number of nitrogens with zero attached hydrogens (tertiary/aromatic N) is 5. The van der Waals surface area contributed by atoms with Crippen LogP contribution in [0.1, 0.15) is 63.5 Å². The molecule has 3 aromatic rings. The van der Waals surface area contributed by atoms with Crippen molar-refractivity contribution in [3.8, 4) is 11.3 Å². The number of aromatic nitrogens is 3. The van der Waals surface area contributed by atoms with E-state index in [0.29, 0.717) is 23.8 Å². The normalized spacial score (nSPS) is 16.8. The molecule has 6 nitrogen and oxygen atoms in total. The molecule has 1 aliphatic rings. The summed E-state index contributed by atoms with van der Waals surface area (Å²) in [5.41, 5.74) is 3.37. The van der Waals surface area contributed by atoms with Gasteiger partial charge in [0.1, 0.15) is 11.5 Å². The lowest BCUT2D eigenvalue weighted by Gasteiger charge is -2.47. The zero-order chi connectivity index (χ0) is 23.9. The van der Waals surface area contributed by atoms with Gasteiger partial charge in [-0.3, -0.25) is 9.69 Å². The summed E-state index contributed by atoms with van der Waals surface area (Å²) < 4.78 is 15.1. The van der Waals surface area contributed by atoms with E-state index in [1.165, 1.54) is 12.1 Å². The van der Waals surface area contributed by atoms with Crippen LogP contribution < -0.4 is 0 Å². The molecular formula is C26H34FN5O. The van der Waals surface area contributed by atoms with Crippen molar-refractivity contribution in [1.82, 2.24) is 24.4 Å². The highest BCUT2D eigenvalue weighted by Crippen LogP contribution is 2.28. The minimum Gasteiger partial charge on any atom is -0.330 e. The number of amides is 1. The number of carbonyl (C=O) groups is 1. The summed E-state index contributed by atoms with van der Waals surface area (Å²) in [6.45, 7) is 16.3. The van der Waals surface area contributed by atoms with Crippen LogP contribution in [0.3, 0.4) is 0 Å². The summed E-state index contributed by atoms with van der Waals surface area (Å²) >= 11 is 0. The molecule has 0 aliphatic carbocycles. The number of hydrogen-bond donors (Lipinski definition) is 0. The van der Waals surface area contributed by atoms with Crippen LogP contribution in [0.2, 0.25) is 0 Å². The lowest BCUT2D eigenvalue weighted by atomic mass is 9.97. The summed E-state index contributed by atoms with van der Waals surface area (Å²) in [6, 6.07) is 8.29. The van der Waals surface area contributed by atoms with Crippen molar-refractivity contribution in [3.05, 3.63) is 53.6 Å². The topological polar surface area (TPSA) is 53.7 Å². The number of benzene rings is 1. The van der Waals surface area contributed by atoms with E-state index in [2.05, 4.69) is 46.4 Å². The molecule has 1 aliphatic heterocycles. The van der Waals surface area contributed by atoms with Gasteiger partial charge in [-0.05, 0) is 56.0 Å². The summed E-state index contributed by atoms with van der Waals surface area (Å²) in [5, 5.41) is 4.70. The molecule has 1 saturated heterocycles. The molecule has 0 N–H and O–H groups in total. The fourth-order valence-electron chi connectivity index (χ4n) is 4.73. The second kappa shape index (κ2) is 8.86. The molecule has 2 aromatic heterocycles. The van der Waals surface area contributed by atoms with Gasteiger partial charge in [0.25, 0.3) is 5.91 Å². The summed E-state index contributed by atoms with van der Waals surface area (Å²) in [5.74, 6) is 0.441. The van der Waals surface area contributed by atoms with Gasteiger partial charge in [0.2, 0.25) is 0 Å². The average Bonchev–Trinajstić information content (AvgIpc) is 3.16. The molecule has 1 amide bonds. The van der Waals surface area contributed by atoms with Crippen LogP contribution in [-0.4, -0.2) is 62.0 Å². The van der Waals surface area contributed by atoms with E-state index in [-0.39, 0.29) is 23.2 Å². The molecule has 0 unspecified atom stereocenters. The molecule has 1 aromatic carbocycles. The Morgan fingerprint density at radius 2 is 1.82 bits per heavy atom. The van der Waals surface area contributed by atoms with Crippen molar-refractivity contribution in [2.75, 3.05) is 26.2 Å². The molecule has 0 bridgehead atoms. The Kier molecular flexibility index (Phi) is 6.27. The van der Waals surface area contributed by atoms with Crippen molar-refractivity contribution in [2.45, 2.75) is 53.0 Å². The maximum Gasteiger partial charge on any atom is 0.274 e. The lowest BCUT2D eigenvalue weighted by molar-refractivity contribution is 0.0148. The second-order valence-electron chi connectivity index (χ2n) is 10.4. The molecule has 33 heavy (non-hydrogen) atoms. The van der Waals surface area contributed by atoms with E-state index in [0.717, 1.165) is 36.5 Å². The van der Waals surface area contributed by atoms with Crippen molar-refractivity contribution in [3.63, 3.8) is 0 Å². The van der Waals surface area contributed by atoms with Crippen molar-refractivity contribution in [2.24, 2.45) is 5.92 Å². The van der Waals surface area contributed by atoms with E-state index in [4.69, 9.17) is 10.1 Å². The highest BCUT2D eigenvalue weighted by Gasteiger charge is 2.38. The lowest BCUT2D eigenvalue weighted by Crippen LogP contribution is -2.61. The van der Waals surface area contributed by atoms with Gasteiger partial charge in [-0.2, -0.15) is 5.10 Å². The number of carbonyl (C=O) groups excluding carboxylic acids is 1. The molecular weight excluding hydrogens is 417 g/mol. The minimum atomic E-state index is -0.284. The van der Waals surface area contributed by atoms with Gasteiger partial charge in [0.15, 0.2) is 5.65 Å². The third-order valence-corrected chi connectivity index (χ3v) is 6.28. The third-order valence-electron chi connectivity index (χ3n) is 6.28. The first kappa shape index (κ1) is 23.4.